The van der Waals surface area contributed by atoms with Crippen molar-refractivity contribution in [2.45, 2.75) is 39.5 Å². The van der Waals surface area contributed by atoms with Crippen LogP contribution in [0.2, 0.25) is 0 Å². The number of rotatable bonds is 6. The van der Waals surface area contributed by atoms with Gasteiger partial charge in [-0.2, -0.15) is 5.10 Å². The number of ether oxygens (including phenoxy) is 1. The van der Waals surface area contributed by atoms with Gasteiger partial charge in [0.1, 0.15) is 0 Å². The first-order valence-corrected chi connectivity index (χ1v) is 7.39. The largest absolute Gasteiger partial charge is 0.380 e. The zero-order chi connectivity index (χ0) is 16.5. The van der Waals surface area contributed by atoms with Crippen LogP contribution in [0, 0.1) is 5.41 Å². The van der Waals surface area contributed by atoms with Crippen molar-refractivity contribution in [1.82, 2.24) is 10.3 Å². The molecule has 1 unspecified atom stereocenters. The Morgan fingerprint density at radius 3 is 2.86 bits per heavy atom. The molecule has 5 N–H and O–H groups in total. The maximum Gasteiger partial charge on any atom is 0.252 e. The van der Waals surface area contributed by atoms with E-state index in [1.165, 1.54) is 6.21 Å². The maximum atomic E-state index is 11.7. The third kappa shape index (κ3) is 2.86. The number of nitrogens with one attached hydrogen (secondary N) is 1. The van der Waals surface area contributed by atoms with Gasteiger partial charge in [-0.25, -0.2) is 5.01 Å². The Hall–Kier alpha value is -1.86. The van der Waals surface area contributed by atoms with Crippen LogP contribution < -0.4 is 16.8 Å². The van der Waals surface area contributed by atoms with E-state index in [-0.39, 0.29) is 17.7 Å². The number of hydrogen-bond donors (Lipinski definition) is 3. The van der Waals surface area contributed by atoms with Crippen LogP contribution >= 0.6 is 0 Å². The van der Waals surface area contributed by atoms with Crippen LogP contribution in [0.4, 0.5) is 0 Å². The number of hydrazone groups is 1. The Balaban J connectivity index is 2.35. The monoisotopic (exact) mass is 307 g/mol. The number of nitrogens with zero attached hydrogens (tertiary/aromatic N) is 2. The minimum absolute atomic E-state index is 0.0534. The zero-order valence-electron chi connectivity index (χ0n) is 13.6. The summed E-state index contributed by atoms with van der Waals surface area (Å²) < 4.78 is 5.39. The number of amides is 1. The summed E-state index contributed by atoms with van der Waals surface area (Å²) in [6.45, 7) is 6.71. The molecule has 7 nitrogen and oxygen atoms in total. The molecule has 7 heteroatoms. The molecule has 0 fully saturated rings. The molecular formula is C15H25N5O2. The predicted octanol–water partition coefficient (Wildman–Crippen LogP) is 0.250. The predicted molar refractivity (Wildman–Crippen MR) is 85.5 cm³/mol. The molecular weight excluding hydrogens is 282 g/mol. The summed E-state index contributed by atoms with van der Waals surface area (Å²) in [5.74, 6) is -0.509. The third-order valence-electron chi connectivity index (χ3n) is 4.47. The first-order valence-electron chi connectivity index (χ1n) is 7.39. The summed E-state index contributed by atoms with van der Waals surface area (Å²) in [6.07, 6.45) is 4.03. The van der Waals surface area contributed by atoms with E-state index in [1.807, 2.05) is 13.0 Å². The number of nitrogens with two attached hydrogens (primary N) is 2. The molecule has 0 radical (unpaired) electrons. The van der Waals surface area contributed by atoms with Crippen molar-refractivity contribution < 1.29 is 9.53 Å². The normalized spacial score (nSPS) is 22.5. The molecule has 2 heterocycles. The lowest BCUT2D eigenvalue weighted by Gasteiger charge is -2.36. The van der Waals surface area contributed by atoms with E-state index in [2.05, 4.69) is 24.3 Å². The van der Waals surface area contributed by atoms with Crippen molar-refractivity contribution >= 4 is 12.1 Å². The molecule has 0 aromatic carbocycles. The van der Waals surface area contributed by atoms with Gasteiger partial charge in [0.2, 0.25) is 0 Å². The number of hydrogen-bond acceptors (Lipinski definition) is 6. The van der Waals surface area contributed by atoms with Crippen LogP contribution in [-0.2, 0) is 9.53 Å². The number of carbonyl (C=O) groups is 1. The Morgan fingerprint density at radius 2 is 2.32 bits per heavy atom. The molecule has 2 atom stereocenters. The lowest BCUT2D eigenvalue weighted by Crippen LogP contribution is -2.46. The second-order valence-electron chi connectivity index (χ2n) is 6.32. The van der Waals surface area contributed by atoms with Crippen LogP contribution in [0.15, 0.2) is 28.1 Å². The molecule has 0 saturated heterocycles. The minimum atomic E-state index is -0.509. The average molecular weight is 307 g/mol. The molecule has 22 heavy (non-hydrogen) atoms. The molecule has 0 spiro atoms. The summed E-state index contributed by atoms with van der Waals surface area (Å²) in [5, 5.41) is 9.44. The highest BCUT2D eigenvalue weighted by atomic mass is 16.5. The van der Waals surface area contributed by atoms with Gasteiger partial charge < -0.3 is 21.5 Å². The molecule has 0 saturated carbocycles. The Labute approximate surface area is 131 Å². The summed E-state index contributed by atoms with van der Waals surface area (Å²) in [5.41, 5.74) is 13.1. The molecule has 2 aliphatic rings. The lowest BCUT2D eigenvalue weighted by atomic mass is 9.85. The van der Waals surface area contributed by atoms with Crippen LogP contribution in [-0.4, -0.2) is 43.1 Å². The number of primary amides is 1. The molecule has 1 amide bonds. The molecule has 0 aromatic heterocycles. The fourth-order valence-electron chi connectivity index (χ4n) is 2.36. The van der Waals surface area contributed by atoms with Gasteiger partial charge >= 0.3 is 0 Å². The van der Waals surface area contributed by atoms with Crippen molar-refractivity contribution in [3.8, 4) is 0 Å². The first kappa shape index (κ1) is 16.5. The van der Waals surface area contributed by atoms with E-state index >= 15 is 0 Å². The van der Waals surface area contributed by atoms with Gasteiger partial charge in [-0.3, -0.25) is 4.79 Å². The van der Waals surface area contributed by atoms with Gasteiger partial charge in [0.15, 0.2) is 6.23 Å². The van der Waals surface area contributed by atoms with Crippen LogP contribution in [0.5, 0.6) is 0 Å². The second-order valence-corrected chi connectivity index (χ2v) is 6.32. The average Bonchev–Trinajstić information content (AvgIpc) is 2.90. The highest BCUT2D eigenvalue weighted by Crippen LogP contribution is 2.32. The Kier molecular flexibility index (Phi) is 4.58. The van der Waals surface area contributed by atoms with Crippen LogP contribution in [0.3, 0.4) is 0 Å². The highest BCUT2D eigenvalue weighted by molar-refractivity contribution is 6.13. The topological polar surface area (TPSA) is 106 Å². The lowest BCUT2D eigenvalue weighted by molar-refractivity contribution is -0.114. The van der Waals surface area contributed by atoms with Crippen molar-refractivity contribution in [3.05, 3.63) is 23.0 Å². The van der Waals surface area contributed by atoms with Gasteiger partial charge in [-0.05, 0) is 18.9 Å². The van der Waals surface area contributed by atoms with E-state index in [4.69, 9.17) is 16.2 Å². The fourth-order valence-corrected chi connectivity index (χ4v) is 2.36. The van der Waals surface area contributed by atoms with Gasteiger partial charge in [-0.15, -0.1) is 0 Å². The maximum absolute atomic E-state index is 11.7. The molecule has 0 aliphatic carbocycles. The fraction of sp³-hybridized carbons (Fsp3) is 0.600. The summed E-state index contributed by atoms with van der Waals surface area (Å²) >= 11 is 0. The zero-order valence-corrected chi connectivity index (χ0v) is 13.6. The van der Waals surface area contributed by atoms with Gasteiger partial charge in [0.05, 0.1) is 23.2 Å². The van der Waals surface area contributed by atoms with Crippen molar-refractivity contribution in [2.24, 2.45) is 22.0 Å². The van der Waals surface area contributed by atoms with Crippen molar-refractivity contribution in [3.63, 3.8) is 0 Å². The molecule has 0 aromatic rings. The molecule has 2 aliphatic heterocycles. The SMILES string of the molecule is COC1CC=C2C(N[C@H](C)C(C)(C)CN)=C(C(N)=O)C=NN21. The standard InChI is InChI=1S/C15H25N5O2/c1-9(15(2,3)8-16)19-13-10(14(17)21)7-18-20-11(13)5-6-12(20)22-4/h5,7,9,12,19H,6,8,16H2,1-4H3,(H2,17,21)/t9-,12?/m1/s1. The van der Waals surface area contributed by atoms with Gasteiger partial charge in [0.25, 0.3) is 5.91 Å². The highest BCUT2D eigenvalue weighted by Gasteiger charge is 2.35. The minimum Gasteiger partial charge on any atom is -0.380 e. The van der Waals surface area contributed by atoms with Crippen molar-refractivity contribution in [2.75, 3.05) is 13.7 Å². The summed E-state index contributed by atoms with van der Waals surface area (Å²) in [6, 6.07) is 0.0534. The summed E-state index contributed by atoms with van der Waals surface area (Å²) in [7, 11) is 1.64. The molecule has 0 bridgehead atoms. The first-order chi connectivity index (χ1) is 10.3. The quantitative estimate of drug-likeness (QED) is 0.652. The van der Waals surface area contributed by atoms with Crippen molar-refractivity contribution in [1.29, 1.82) is 0 Å². The number of carbonyl (C=O) groups excluding carboxylic acids is 1. The van der Waals surface area contributed by atoms with E-state index in [1.54, 1.807) is 12.1 Å². The number of methoxy groups -OCH3 is 1. The van der Waals surface area contributed by atoms with E-state index < -0.39 is 5.91 Å². The molecule has 122 valence electrons. The Morgan fingerprint density at radius 1 is 1.64 bits per heavy atom. The smallest absolute Gasteiger partial charge is 0.252 e. The Bertz CT molecular complexity index is 550. The summed E-state index contributed by atoms with van der Waals surface area (Å²) in [4.78, 5) is 11.7. The van der Waals surface area contributed by atoms with Crippen LogP contribution in [0.1, 0.15) is 27.2 Å². The van der Waals surface area contributed by atoms with Gasteiger partial charge in [0, 0.05) is 19.6 Å². The number of fused-ring (bicyclic) bond motifs is 1. The molecule has 2 rings (SSSR count). The third-order valence-corrected chi connectivity index (χ3v) is 4.47. The van der Waals surface area contributed by atoms with E-state index in [0.717, 1.165) is 5.70 Å². The van der Waals surface area contributed by atoms with E-state index in [9.17, 15) is 4.79 Å². The van der Waals surface area contributed by atoms with Gasteiger partial charge in [-0.1, -0.05) is 19.9 Å². The van der Waals surface area contributed by atoms with Crippen LogP contribution in [0.25, 0.3) is 0 Å². The second kappa shape index (κ2) is 6.10. The van der Waals surface area contributed by atoms with E-state index in [0.29, 0.717) is 24.2 Å².